The van der Waals surface area contributed by atoms with Crippen molar-refractivity contribution in [2.24, 2.45) is 0 Å². The van der Waals surface area contributed by atoms with Crippen LogP contribution in [0.15, 0.2) is 36.4 Å². The minimum absolute atomic E-state index is 0.101. The van der Waals surface area contributed by atoms with Gasteiger partial charge in [0.05, 0.1) is 29.6 Å². The number of nitrogens with zero attached hydrogens (tertiary/aromatic N) is 3. The number of carbonyl (C=O) groups excluding carboxylic acids is 1. The number of benzene rings is 2. The monoisotopic (exact) mass is 404 g/mol. The van der Waals surface area contributed by atoms with Gasteiger partial charge >= 0.3 is 0 Å². The number of hydrogen-bond donors (Lipinski definition) is 2. The molecular formula is C24H28N4O2. The third kappa shape index (κ3) is 4.22. The zero-order chi connectivity index (χ0) is 22.3. The minimum Gasteiger partial charge on any atom is -0.385 e. The van der Waals surface area contributed by atoms with E-state index in [1.165, 1.54) is 0 Å². The molecule has 30 heavy (non-hydrogen) atoms. The third-order valence-corrected chi connectivity index (χ3v) is 5.19. The Morgan fingerprint density at radius 1 is 1.17 bits per heavy atom. The van der Waals surface area contributed by atoms with Crippen molar-refractivity contribution < 1.29 is 9.90 Å². The van der Waals surface area contributed by atoms with Gasteiger partial charge in [-0.15, -0.1) is 0 Å². The number of hydrogen-bond acceptors (Lipinski definition) is 3. The molecule has 3 rings (SSSR count). The molecule has 1 heterocycles. The van der Waals surface area contributed by atoms with Gasteiger partial charge in [0.1, 0.15) is 0 Å². The van der Waals surface area contributed by atoms with Crippen LogP contribution >= 0.6 is 0 Å². The average Bonchev–Trinajstić information content (AvgIpc) is 2.97. The average molecular weight is 405 g/mol. The van der Waals surface area contributed by atoms with E-state index >= 15 is 0 Å². The van der Waals surface area contributed by atoms with E-state index in [0.717, 1.165) is 22.2 Å². The van der Waals surface area contributed by atoms with Crippen LogP contribution in [0.4, 0.5) is 11.6 Å². The first-order valence-electron chi connectivity index (χ1n) is 9.93. The Morgan fingerprint density at radius 3 is 2.37 bits per heavy atom. The smallest absolute Gasteiger partial charge is 0.229 e. The van der Waals surface area contributed by atoms with Crippen molar-refractivity contribution in [1.82, 2.24) is 9.55 Å². The van der Waals surface area contributed by atoms with Crippen LogP contribution in [0, 0.1) is 20.4 Å². The highest BCUT2D eigenvalue weighted by molar-refractivity contribution is 5.93. The first-order chi connectivity index (χ1) is 13.9. The standard InChI is InChI=1S/C24H28N4O2/c1-15-8-10-17(11-9-15)24(6,30)14-21(29)27-22-26-19-12-16(2)18(25-7)13-20(19)28(22)23(3,4)5/h8-13,30H,14H2,1-6H3,(H,26,27,29)/t24-/m0/s1. The molecule has 0 saturated heterocycles. The summed E-state index contributed by atoms with van der Waals surface area (Å²) < 4.78 is 1.93. The number of carbonyl (C=O) groups is 1. The summed E-state index contributed by atoms with van der Waals surface area (Å²) in [6.07, 6.45) is -0.101. The molecule has 1 atom stereocenters. The summed E-state index contributed by atoms with van der Waals surface area (Å²) in [6, 6.07) is 11.2. The van der Waals surface area contributed by atoms with E-state index in [1.54, 1.807) is 6.92 Å². The fourth-order valence-electron chi connectivity index (χ4n) is 3.60. The fourth-order valence-corrected chi connectivity index (χ4v) is 3.60. The highest BCUT2D eigenvalue weighted by Gasteiger charge is 2.29. The van der Waals surface area contributed by atoms with Gasteiger partial charge < -0.3 is 9.67 Å². The molecule has 0 aliphatic heterocycles. The summed E-state index contributed by atoms with van der Waals surface area (Å²) in [5.41, 5.74) is 3.02. The van der Waals surface area contributed by atoms with Crippen LogP contribution < -0.4 is 5.32 Å². The van der Waals surface area contributed by atoms with E-state index in [4.69, 9.17) is 6.57 Å². The molecule has 0 saturated carbocycles. The Hall–Kier alpha value is -3.17. The lowest BCUT2D eigenvalue weighted by Crippen LogP contribution is -2.31. The summed E-state index contributed by atoms with van der Waals surface area (Å²) in [5.74, 6) is 0.0762. The van der Waals surface area contributed by atoms with Crippen LogP contribution in [-0.2, 0) is 15.9 Å². The van der Waals surface area contributed by atoms with Crippen LogP contribution in [0.25, 0.3) is 15.9 Å². The maximum absolute atomic E-state index is 12.8. The molecule has 0 spiro atoms. The minimum atomic E-state index is -1.30. The molecule has 0 aliphatic carbocycles. The summed E-state index contributed by atoms with van der Waals surface area (Å²) >= 11 is 0. The number of aliphatic hydroxyl groups is 1. The quantitative estimate of drug-likeness (QED) is 0.588. The second kappa shape index (κ2) is 7.58. The number of fused-ring (bicyclic) bond motifs is 1. The lowest BCUT2D eigenvalue weighted by molar-refractivity contribution is -0.120. The van der Waals surface area contributed by atoms with E-state index < -0.39 is 5.60 Å². The van der Waals surface area contributed by atoms with Crippen molar-refractivity contribution in [3.63, 3.8) is 0 Å². The maximum atomic E-state index is 12.8. The Labute approximate surface area is 177 Å². The van der Waals surface area contributed by atoms with Crippen LogP contribution in [0.3, 0.4) is 0 Å². The molecule has 0 fully saturated rings. The van der Waals surface area contributed by atoms with Gasteiger partial charge in [-0.05, 0) is 64.8 Å². The van der Waals surface area contributed by atoms with Crippen LogP contribution in [0.5, 0.6) is 0 Å². The predicted octanol–water partition coefficient (Wildman–Crippen LogP) is 5.20. The molecule has 6 nitrogen and oxygen atoms in total. The topological polar surface area (TPSA) is 71.5 Å². The van der Waals surface area contributed by atoms with Gasteiger partial charge in [-0.25, -0.2) is 9.83 Å². The Kier molecular flexibility index (Phi) is 5.44. The van der Waals surface area contributed by atoms with Crippen LogP contribution in [-0.4, -0.2) is 20.6 Å². The number of aromatic nitrogens is 2. The summed E-state index contributed by atoms with van der Waals surface area (Å²) in [5, 5.41) is 13.8. The zero-order valence-electron chi connectivity index (χ0n) is 18.4. The first-order valence-corrected chi connectivity index (χ1v) is 9.93. The van der Waals surface area contributed by atoms with Crippen molar-refractivity contribution >= 4 is 28.6 Å². The first kappa shape index (κ1) is 21.5. The van der Waals surface area contributed by atoms with E-state index in [-0.39, 0.29) is 17.9 Å². The molecule has 0 aliphatic rings. The van der Waals surface area contributed by atoms with Crippen molar-refractivity contribution in [3.8, 4) is 0 Å². The van der Waals surface area contributed by atoms with Crippen LogP contribution in [0.1, 0.15) is 50.8 Å². The molecule has 1 aromatic heterocycles. The van der Waals surface area contributed by atoms with E-state index in [2.05, 4.69) is 15.1 Å². The van der Waals surface area contributed by atoms with Gasteiger partial charge in [-0.3, -0.25) is 10.1 Å². The molecule has 2 aromatic carbocycles. The summed E-state index contributed by atoms with van der Waals surface area (Å²) in [6.45, 7) is 18.9. The highest BCUT2D eigenvalue weighted by atomic mass is 16.3. The number of amides is 1. The second-order valence-electron chi connectivity index (χ2n) is 9.05. The largest absolute Gasteiger partial charge is 0.385 e. The Balaban J connectivity index is 1.95. The lowest BCUT2D eigenvalue weighted by atomic mass is 9.91. The van der Waals surface area contributed by atoms with Gasteiger partial charge in [-0.1, -0.05) is 29.8 Å². The van der Waals surface area contributed by atoms with E-state index in [0.29, 0.717) is 17.2 Å². The van der Waals surface area contributed by atoms with Crippen molar-refractivity contribution in [3.05, 3.63) is 64.5 Å². The SMILES string of the molecule is [C-]#[N+]c1cc2c(cc1C)nc(NC(=O)C[C@](C)(O)c1ccc(C)cc1)n2C(C)(C)C. The third-order valence-electron chi connectivity index (χ3n) is 5.19. The van der Waals surface area contributed by atoms with Gasteiger partial charge in [0.25, 0.3) is 0 Å². The summed E-state index contributed by atoms with van der Waals surface area (Å²) in [7, 11) is 0. The second-order valence-corrected chi connectivity index (χ2v) is 9.05. The number of aryl methyl sites for hydroxylation is 2. The Morgan fingerprint density at radius 2 is 1.80 bits per heavy atom. The normalized spacial score (nSPS) is 13.7. The van der Waals surface area contributed by atoms with Gasteiger partial charge in [0, 0.05) is 5.54 Å². The fraction of sp³-hybridized carbons (Fsp3) is 0.375. The molecule has 156 valence electrons. The summed E-state index contributed by atoms with van der Waals surface area (Å²) in [4.78, 5) is 21.0. The van der Waals surface area contributed by atoms with Crippen molar-refractivity contribution in [1.29, 1.82) is 0 Å². The van der Waals surface area contributed by atoms with Gasteiger partial charge in [0.2, 0.25) is 11.9 Å². The Bertz CT molecular complexity index is 1140. The predicted molar refractivity (Wildman–Crippen MR) is 120 cm³/mol. The molecule has 6 heteroatoms. The lowest BCUT2D eigenvalue weighted by Gasteiger charge is -2.26. The maximum Gasteiger partial charge on any atom is 0.229 e. The van der Waals surface area contributed by atoms with Crippen LogP contribution in [0.2, 0.25) is 0 Å². The van der Waals surface area contributed by atoms with E-state index in [9.17, 15) is 9.90 Å². The molecule has 2 N–H and O–H groups in total. The number of imidazole rings is 1. The van der Waals surface area contributed by atoms with E-state index in [1.807, 2.05) is 75.6 Å². The molecule has 0 radical (unpaired) electrons. The van der Waals surface area contributed by atoms with Gasteiger partial charge in [0.15, 0.2) is 5.69 Å². The number of rotatable bonds is 4. The molecule has 0 unspecified atom stereocenters. The molecule has 3 aromatic rings. The number of nitrogens with one attached hydrogen (secondary N) is 1. The molecule has 1 amide bonds. The highest BCUT2D eigenvalue weighted by Crippen LogP contribution is 2.33. The van der Waals surface area contributed by atoms with Crippen molar-refractivity contribution in [2.45, 2.75) is 59.1 Å². The molecular weight excluding hydrogens is 376 g/mol. The number of anilines is 1. The van der Waals surface area contributed by atoms with Crippen molar-refractivity contribution in [2.75, 3.05) is 5.32 Å². The van der Waals surface area contributed by atoms with Gasteiger partial charge in [-0.2, -0.15) is 0 Å². The zero-order valence-corrected chi connectivity index (χ0v) is 18.4. The molecule has 0 bridgehead atoms.